The van der Waals surface area contributed by atoms with Crippen molar-refractivity contribution in [2.75, 3.05) is 6.61 Å². The van der Waals surface area contributed by atoms with Crippen molar-refractivity contribution in [1.29, 1.82) is 0 Å². The Morgan fingerprint density at radius 1 is 0.833 bits per heavy atom. The molecule has 0 saturated heterocycles. The summed E-state index contributed by atoms with van der Waals surface area (Å²) in [7, 11) is 0. The van der Waals surface area contributed by atoms with Crippen molar-refractivity contribution < 1.29 is 14.3 Å². The lowest BCUT2D eigenvalue weighted by atomic mass is 9.90. The summed E-state index contributed by atoms with van der Waals surface area (Å²) in [6.07, 6.45) is 0. The predicted octanol–water partition coefficient (Wildman–Crippen LogP) is 7.51. The number of benzene rings is 3. The van der Waals surface area contributed by atoms with E-state index < -0.39 is 5.97 Å². The molecule has 3 aromatic carbocycles. The lowest BCUT2D eigenvalue weighted by Crippen LogP contribution is -2.11. The van der Waals surface area contributed by atoms with Crippen molar-refractivity contribution in [2.24, 2.45) is 0 Å². The maximum absolute atomic E-state index is 12.9. The van der Waals surface area contributed by atoms with Gasteiger partial charge in [0, 0.05) is 11.1 Å². The summed E-state index contributed by atoms with van der Waals surface area (Å²) < 4.78 is 11.8. The fraction of sp³-hybridized carbons (Fsp3) is 0.240. The number of hydrogen-bond donors (Lipinski definition) is 0. The van der Waals surface area contributed by atoms with Crippen molar-refractivity contribution in [3.63, 3.8) is 0 Å². The second kappa shape index (κ2) is 9.11. The highest BCUT2D eigenvalue weighted by molar-refractivity contribution is 6.43. The Bertz CT molecular complexity index is 1120. The van der Waals surface area contributed by atoms with Crippen LogP contribution < -0.4 is 9.47 Å². The first kappa shape index (κ1) is 22.2. The summed E-state index contributed by atoms with van der Waals surface area (Å²) in [5, 5.41) is 0.482. The smallest absolute Gasteiger partial charge is 0.345 e. The topological polar surface area (TPSA) is 35.5 Å². The van der Waals surface area contributed by atoms with Crippen LogP contribution in [-0.4, -0.2) is 12.6 Å². The molecule has 0 spiro atoms. The molecule has 0 atom stereocenters. The summed E-state index contributed by atoms with van der Waals surface area (Å²) in [6, 6.07) is 12.6. The maximum Gasteiger partial charge on any atom is 0.345 e. The number of aryl methyl sites for hydroxylation is 2. The third-order valence-corrected chi connectivity index (χ3v) is 6.14. The Balaban J connectivity index is 2.19. The molecular weight excluding hydrogens is 419 g/mol. The standard InChI is InChI=1S/C25H24Cl2O3/c1-6-29-20-12-10-14(2)16(4)22(20)23-17(5)15(3)11-13-21(23)30-25(28)18-8-7-9-19(26)24(18)27/h7-13H,6H2,1-5H3. The Labute approximate surface area is 187 Å². The van der Waals surface area contributed by atoms with Gasteiger partial charge in [-0.25, -0.2) is 4.79 Å². The highest BCUT2D eigenvalue weighted by Crippen LogP contribution is 2.43. The molecule has 0 aliphatic rings. The highest BCUT2D eigenvalue weighted by Gasteiger charge is 2.22. The number of halogens is 2. The van der Waals surface area contributed by atoms with E-state index in [4.69, 9.17) is 32.7 Å². The van der Waals surface area contributed by atoms with E-state index in [2.05, 4.69) is 6.92 Å². The Hall–Kier alpha value is -2.49. The molecule has 0 heterocycles. The van der Waals surface area contributed by atoms with Gasteiger partial charge in [-0.1, -0.05) is 41.4 Å². The molecule has 0 unspecified atom stereocenters. The summed E-state index contributed by atoms with van der Waals surface area (Å²) in [4.78, 5) is 12.9. The monoisotopic (exact) mass is 442 g/mol. The summed E-state index contributed by atoms with van der Waals surface area (Å²) in [5.41, 5.74) is 6.31. The van der Waals surface area contributed by atoms with Crippen molar-refractivity contribution in [1.82, 2.24) is 0 Å². The first-order valence-electron chi connectivity index (χ1n) is 9.76. The minimum atomic E-state index is -0.560. The molecule has 0 aromatic heterocycles. The molecule has 0 amide bonds. The third kappa shape index (κ3) is 4.19. The Kier molecular flexibility index (Phi) is 6.74. The SMILES string of the molecule is CCOc1ccc(C)c(C)c1-c1c(OC(=O)c2cccc(Cl)c2Cl)ccc(C)c1C. The van der Waals surface area contributed by atoms with Crippen LogP contribution in [0.5, 0.6) is 11.5 Å². The van der Waals surface area contributed by atoms with Crippen LogP contribution in [0.4, 0.5) is 0 Å². The van der Waals surface area contributed by atoms with Crippen LogP contribution in [0.25, 0.3) is 11.1 Å². The second-order valence-electron chi connectivity index (χ2n) is 7.19. The van der Waals surface area contributed by atoms with E-state index in [9.17, 15) is 4.79 Å². The Morgan fingerprint density at radius 3 is 2.00 bits per heavy atom. The minimum absolute atomic E-state index is 0.177. The van der Waals surface area contributed by atoms with E-state index >= 15 is 0 Å². The van der Waals surface area contributed by atoms with Crippen LogP contribution in [0.3, 0.4) is 0 Å². The van der Waals surface area contributed by atoms with E-state index in [-0.39, 0.29) is 10.6 Å². The summed E-state index contributed by atoms with van der Waals surface area (Å²) >= 11 is 12.3. The molecule has 156 valence electrons. The summed E-state index contributed by atoms with van der Waals surface area (Å²) in [6.45, 7) is 10.6. The number of ether oxygens (including phenoxy) is 2. The van der Waals surface area contributed by atoms with Crippen LogP contribution in [0, 0.1) is 27.7 Å². The maximum atomic E-state index is 12.9. The second-order valence-corrected chi connectivity index (χ2v) is 7.97. The van der Waals surface area contributed by atoms with E-state index in [0.29, 0.717) is 17.4 Å². The molecule has 0 bridgehead atoms. The molecule has 0 fully saturated rings. The minimum Gasteiger partial charge on any atom is -0.493 e. The van der Waals surface area contributed by atoms with Gasteiger partial charge in [0.25, 0.3) is 0 Å². The van der Waals surface area contributed by atoms with E-state index in [0.717, 1.165) is 39.1 Å². The molecular formula is C25H24Cl2O3. The number of hydrogen-bond acceptors (Lipinski definition) is 3. The first-order chi connectivity index (χ1) is 14.3. The summed E-state index contributed by atoms with van der Waals surface area (Å²) in [5.74, 6) is 0.649. The molecule has 5 heteroatoms. The van der Waals surface area contributed by atoms with Gasteiger partial charge in [-0.2, -0.15) is 0 Å². The van der Waals surface area contributed by atoms with Crippen LogP contribution in [0.2, 0.25) is 10.0 Å². The molecule has 0 aliphatic heterocycles. The first-order valence-corrected chi connectivity index (χ1v) is 10.5. The molecule has 0 saturated carbocycles. The molecule has 0 N–H and O–H groups in total. The Morgan fingerprint density at radius 2 is 1.40 bits per heavy atom. The van der Waals surface area contributed by atoms with Crippen molar-refractivity contribution in [3.8, 4) is 22.6 Å². The lowest BCUT2D eigenvalue weighted by molar-refractivity contribution is 0.0735. The van der Waals surface area contributed by atoms with Crippen molar-refractivity contribution >= 4 is 29.2 Å². The van der Waals surface area contributed by atoms with E-state index in [1.54, 1.807) is 18.2 Å². The quantitative estimate of drug-likeness (QED) is 0.302. The van der Waals surface area contributed by atoms with Crippen LogP contribution >= 0.6 is 23.2 Å². The van der Waals surface area contributed by atoms with Crippen LogP contribution in [0.1, 0.15) is 39.5 Å². The predicted molar refractivity (Wildman–Crippen MR) is 123 cm³/mol. The molecule has 3 nitrogen and oxygen atoms in total. The van der Waals surface area contributed by atoms with Gasteiger partial charge >= 0.3 is 5.97 Å². The van der Waals surface area contributed by atoms with Gasteiger partial charge in [0.15, 0.2) is 0 Å². The molecule has 3 rings (SSSR count). The zero-order chi connectivity index (χ0) is 22.0. The van der Waals surface area contributed by atoms with Gasteiger partial charge in [0.05, 0.1) is 22.2 Å². The number of carbonyl (C=O) groups excluding carboxylic acids is 1. The fourth-order valence-corrected chi connectivity index (χ4v) is 3.76. The van der Waals surface area contributed by atoms with Crippen molar-refractivity contribution in [3.05, 3.63) is 80.3 Å². The number of esters is 1. The van der Waals surface area contributed by atoms with Gasteiger partial charge < -0.3 is 9.47 Å². The normalized spacial score (nSPS) is 10.8. The lowest BCUT2D eigenvalue weighted by Gasteiger charge is -2.21. The zero-order valence-electron chi connectivity index (χ0n) is 17.7. The molecule has 0 aliphatic carbocycles. The largest absolute Gasteiger partial charge is 0.493 e. The average Bonchev–Trinajstić information content (AvgIpc) is 2.71. The van der Waals surface area contributed by atoms with E-state index in [1.807, 2.05) is 52.0 Å². The van der Waals surface area contributed by atoms with Crippen molar-refractivity contribution in [2.45, 2.75) is 34.6 Å². The molecule has 30 heavy (non-hydrogen) atoms. The van der Waals surface area contributed by atoms with Gasteiger partial charge in [-0.05, 0) is 81.1 Å². The van der Waals surface area contributed by atoms with Gasteiger partial charge in [0.1, 0.15) is 11.5 Å². The van der Waals surface area contributed by atoms with Gasteiger partial charge in [-0.15, -0.1) is 0 Å². The van der Waals surface area contributed by atoms with Crippen LogP contribution in [-0.2, 0) is 0 Å². The zero-order valence-corrected chi connectivity index (χ0v) is 19.2. The highest BCUT2D eigenvalue weighted by atomic mass is 35.5. The fourth-order valence-electron chi connectivity index (χ4n) is 3.38. The third-order valence-electron chi connectivity index (χ3n) is 5.32. The van der Waals surface area contributed by atoms with E-state index in [1.165, 1.54) is 0 Å². The number of carbonyl (C=O) groups is 1. The van der Waals surface area contributed by atoms with Crippen LogP contribution in [0.15, 0.2) is 42.5 Å². The van der Waals surface area contributed by atoms with Gasteiger partial charge in [0.2, 0.25) is 0 Å². The number of rotatable bonds is 5. The molecule has 0 radical (unpaired) electrons. The molecule has 3 aromatic rings. The average molecular weight is 443 g/mol. The van der Waals surface area contributed by atoms with Gasteiger partial charge in [-0.3, -0.25) is 0 Å².